The molecule has 0 spiro atoms. The minimum Gasteiger partial charge on any atom is -0.506 e. The van der Waals surface area contributed by atoms with Crippen molar-refractivity contribution < 1.29 is 24.6 Å². The number of benzene rings is 2. The SMILES string of the molecule is Cc1c(CC(=O)NC(C)(C)C(=O)O)c2cc(O)c(Cl)cc2n1C(=O)c1ccc(Br)cc1. The average Bonchev–Trinajstić information content (AvgIpc) is 2.92. The zero-order valence-corrected chi connectivity index (χ0v) is 19.3. The van der Waals surface area contributed by atoms with E-state index in [0.29, 0.717) is 27.7 Å². The van der Waals surface area contributed by atoms with Gasteiger partial charge in [0.05, 0.1) is 17.0 Å². The second-order valence-corrected chi connectivity index (χ2v) is 9.01. The number of rotatable bonds is 5. The molecule has 0 radical (unpaired) electrons. The molecule has 162 valence electrons. The average molecular weight is 508 g/mol. The summed E-state index contributed by atoms with van der Waals surface area (Å²) >= 11 is 9.43. The van der Waals surface area contributed by atoms with Gasteiger partial charge in [0, 0.05) is 21.1 Å². The van der Waals surface area contributed by atoms with E-state index in [1.54, 1.807) is 31.2 Å². The number of carbonyl (C=O) groups is 3. The van der Waals surface area contributed by atoms with Crippen LogP contribution in [0.2, 0.25) is 5.02 Å². The van der Waals surface area contributed by atoms with Gasteiger partial charge in [-0.15, -0.1) is 0 Å². The molecule has 0 aliphatic carbocycles. The van der Waals surface area contributed by atoms with Crippen LogP contribution in [0.3, 0.4) is 0 Å². The molecule has 2 aromatic carbocycles. The normalized spacial score (nSPS) is 11.5. The highest BCUT2D eigenvalue weighted by Gasteiger charge is 2.30. The van der Waals surface area contributed by atoms with Crippen LogP contribution in [0.1, 0.15) is 35.5 Å². The summed E-state index contributed by atoms with van der Waals surface area (Å²) < 4.78 is 2.26. The molecule has 1 amide bonds. The van der Waals surface area contributed by atoms with Gasteiger partial charge in [-0.05, 0) is 62.7 Å². The van der Waals surface area contributed by atoms with Crippen molar-refractivity contribution in [2.45, 2.75) is 32.7 Å². The third-order valence-electron chi connectivity index (χ3n) is 5.02. The van der Waals surface area contributed by atoms with Gasteiger partial charge in [-0.25, -0.2) is 4.79 Å². The Morgan fingerprint density at radius 3 is 2.35 bits per heavy atom. The highest BCUT2D eigenvalue weighted by Crippen LogP contribution is 2.35. The predicted octanol–water partition coefficient (Wildman–Crippen LogP) is 4.28. The van der Waals surface area contributed by atoms with Crippen LogP contribution in [-0.4, -0.2) is 38.1 Å². The molecule has 0 fully saturated rings. The summed E-state index contributed by atoms with van der Waals surface area (Å²) in [4.78, 5) is 37.2. The molecule has 7 nitrogen and oxygen atoms in total. The van der Waals surface area contributed by atoms with Crippen LogP contribution >= 0.6 is 27.5 Å². The van der Waals surface area contributed by atoms with Crippen molar-refractivity contribution in [3.8, 4) is 5.75 Å². The summed E-state index contributed by atoms with van der Waals surface area (Å²) in [6, 6.07) is 9.70. The minimum absolute atomic E-state index is 0.0675. The van der Waals surface area contributed by atoms with E-state index < -0.39 is 17.4 Å². The first-order valence-corrected chi connectivity index (χ1v) is 10.5. The molecule has 3 N–H and O–H groups in total. The Balaban J connectivity index is 2.12. The van der Waals surface area contributed by atoms with Crippen LogP contribution < -0.4 is 5.32 Å². The third kappa shape index (κ3) is 4.45. The Labute approximate surface area is 191 Å². The first-order chi connectivity index (χ1) is 14.4. The Hall–Kier alpha value is -2.84. The number of phenols is 1. The summed E-state index contributed by atoms with van der Waals surface area (Å²) in [5.41, 5.74) is 0.394. The largest absolute Gasteiger partial charge is 0.506 e. The predicted molar refractivity (Wildman–Crippen MR) is 121 cm³/mol. The van der Waals surface area contributed by atoms with E-state index in [4.69, 9.17) is 11.6 Å². The van der Waals surface area contributed by atoms with E-state index >= 15 is 0 Å². The molecule has 0 aliphatic rings. The molecule has 0 atom stereocenters. The van der Waals surface area contributed by atoms with E-state index in [0.717, 1.165) is 4.47 Å². The smallest absolute Gasteiger partial charge is 0.328 e. The topological polar surface area (TPSA) is 109 Å². The lowest BCUT2D eigenvalue weighted by Gasteiger charge is -2.21. The number of nitrogens with one attached hydrogen (secondary N) is 1. The van der Waals surface area contributed by atoms with Crippen LogP contribution in [-0.2, 0) is 16.0 Å². The number of hydrogen-bond acceptors (Lipinski definition) is 4. The van der Waals surface area contributed by atoms with E-state index in [9.17, 15) is 24.6 Å². The second kappa shape index (κ2) is 8.36. The number of aromatic nitrogens is 1. The van der Waals surface area contributed by atoms with Gasteiger partial charge in [0.15, 0.2) is 0 Å². The van der Waals surface area contributed by atoms with Crippen molar-refractivity contribution in [3.05, 3.63) is 62.7 Å². The van der Waals surface area contributed by atoms with Gasteiger partial charge in [0.2, 0.25) is 5.91 Å². The molecule has 1 heterocycles. The van der Waals surface area contributed by atoms with E-state index in [1.165, 1.54) is 30.5 Å². The third-order valence-corrected chi connectivity index (χ3v) is 5.85. The number of carboxylic acid groups (broad SMARTS) is 1. The van der Waals surface area contributed by atoms with Gasteiger partial charge in [-0.1, -0.05) is 27.5 Å². The number of fused-ring (bicyclic) bond motifs is 1. The monoisotopic (exact) mass is 506 g/mol. The molecule has 3 aromatic rings. The number of hydrogen-bond donors (Lipinski definition) is 3. The Morgan fingerprint density at radius 1 is 1.16 bits per heavy atom. The summed E-state index contributed by atoms with van der Waals surface area (Å²) in [5, 5.41) is 22.4. The maximum atomic E-state index is 13.3. The van der Waals surface area contributed by atoms with Crippen molar-refractivity contribution >= 4 is 56.2 Å². The number of carboxylic acids is 1. The molecule has 0 saturated carbocycles. The van der Waals surface area contributed by atoms with Crippen LogP contribution in [0, 0.1) is 6.92 Å². The molecular weight excluding hydrogens is 488 g/mol. The maximum absolute atomic E-state index is 13.3. The van der Waals surface area contributed by atoms with Gasteiger partial charge in [-0.3, -0.25) is 14.2 Å². The number of phenolic OH excluding ortho intramolecular Hbond substituents is 1. The van der Waals surface area contributed by atoms with Crippen molar-refractivity contribution in [1.82, 2.24) is 9.88 Å². The fourth-order valence-corrected chi connectivity index (χ4v) is 3.72. The number of aromatic hydroxyl groups is 1. The number of halogens is 2. The lowest BCUT2D eigenvalue weighted by Crippen LogP contribution is -2.50. The fraction of sp³-hybridized carbons (Fsp3) is 0.227. The van der Waals surface area contributed by atoms with Crippen LogP contribution in [0.4, 0.5) is 0 Å². The molecule has 0 aliphatic heterocycles. The first kappa shape index (κ1) is 22.8. The lowest BCUT2D eigenvalue weighted by molar-refractivity contribution is -0.145. The van der Waals surface area contributed by atoms with Gasteiger partial charge in [-0.2, -0.15) is 0 Å². The quantitative estimate of drug-likeness (QED) is 0.478. The van der Waals surface area contributed by atoms with Crippen molar-refractivity contribution in [1.29, 1.82) is 0 Å². The number of aliphatic carboxylic acids is 1. The minimum atomic E-state index is -1.46. The number of amides is 1. The van der Waals surface area contributed by atoms with Crippen molar-refractivity contribution in [2.24, 2.45) is 0 Å². The number of nitrogens with zero attached hydrogens (tertiary/aromatic N) is 1. The van der Waals surface area contributed by atoms with Crippen LogP contribution in [0.25, 0.3) is 10.9 Å². The Morgan fingerprint density at radius 2 is 1.77 bits per heavy atom. The molecule has 9 heteroatoms. The van der Waals surface area contributed by atoms with Gasteiger partial charge in [0.1, 0.15) is 11.3 Å². The molecule has 0 unspecified atom stereocenters. The molecule has 0 saturated heterocycles. The van der Waals surface area contributed by atoms with E-state index in [-0.39, 0.29) is 23.1 Å². The van der Waals surface area contributed by atoms with Crippen LogP contribution in [0.15, 0.2) is 40.9 Å². The van der Waals surface area contributed by atoms with Gasteiger partial charge < -0.3 is 15.5 Å². The molecule has 0 bridgehead atoms. The number of carbonyl (C=O) groups excluding carboxylic acids is 2. The van der Waals surface area contributed by atoms with Crippen LogP contribution in [0.5, 0.6) is 5.75 Å². The van der Waals surface area contributed by atoms with E-state index in [2.05, 4.69) is 21.2 Å². The fourth-order valence-electron chi connectivity index (χ4n) is 3.30. The Kier molecular flexibility index (Phi) is 6.16. The standard InChI is InChI=1S/C22H20BrClN2O5/c1-11-14(9-19(28)25-22(2,3)21(30)31)15-8-18(27)16(24)10-17(15)26(11)20(29)12-4-6-13(23)7-5-12/h4-8,10,27H,9H2,1-3H3,(H,25,28)(H,30,31). The highest BCUT2D eigenvalue weighted by molar-refractivity contribution is 9.10. The lowest BCUT2D eigenvalue weighted by atomic mass is 10.0. The van der Waals surface area contributed by atoms with Gasteiger partial charge >= 0.3 is 5.97 Å². The van der Waals surface area contributed by atoms with Crippen molar-refractivity contribution in [3.63, 3.8) is 0 Å². The zero-order chi connectivity index (χ0) is 23.1. The summed E-state index contributed by atoms with van der Waals surface area (Å²) in [7, 11) is 0. The molecule has 1 aromatic heterocycles. The summed E-state index contributed by atoms with van der Waals surface area (Å²) in [6.07, 6.45) is -0.180. The molecule has 3 rings (SSSR count). The summed E-state index contributed by atoms with van der Waals surface area (Å²) in [6.45, 7) is 4.45. The first-order valence-electron chi connectivity index (χ1n) is 9.29. The molecular formula is C22H20BrClN2O5. The summed E-state index contributed by atoms with van der Waals surface area (Å²) in [5.74, 6) is -2.21. The van der Waals surface area contributed by atoms with E-state index in [1.807, 2.05) is 0 Å². The highest BCUT2D eigenvalue weighted by atomic mass is 79.9. The zero-order valence-electron chi connectivity index (χ0n) is 17.0. The van der Waals surface area contributed by atoms with Crippen molar-refractivity contribution in [2.75, 3.05) is 0 Å². The Bertz CT molecular complexity index is 1220. The second-order valence-electron chi connectivity index (χ2n) is 7.69. The molecule has 31 heavy (non-hydrogen) atoms. The maximum Gasteiger partial charge on any atom is 0.328 e. The van der Waals surface area contributed by atoms with Gasteiger partial charge in [0.25, 0.3) is 5.91 Å².